The van der Waals surface area contributed by atoms with Gasteiger partial charge in [0.1, 0.15) is 13.3 Å². The van der Waals surface area contributed by atoms with Crippen molar-refractivity contribution < 1.29 is 4.84 Å². The predicted octanol–water partition coefficient (Wildman–Crippen LogP) is 2.41. The summed E-state index contributed by atoms with van der Waals surface area (Å²) in [5.41, 5.74) is 0. The molecule has 0 aromatic rings. The summed E-state index contributed by atoms with van der Waals surface area (Å²) in [6.07, 6.45) is 7.02. The van der Waals surface area contributed by atoms with Gasteiger partial charge in [-0.25, -0.2) is 0 Å². The predicted molar refractivity (Wildman–Crippen MR) is 51.7 cm³/mol. The normalized spacial score (nSPS) is 9.50. The van der Waals surface area contributed by atoms with Crippen LogP contribution in [0.2, 0.25) is 0 Å². The molecule has 0 amide bonds. The maximum Gasteiger partial charge on any atom is 0.116 e. The number of hydrogen-bond donors (Lipinski definition) is 0. The molecular weight excluding hydrogens is 150 g/mol. The summed E-state index contributed by atoms with van der Waals surface area (Å²) < 4.78 is 0. The number of oxime groups is 1. The average molecular weight is 166 g/mol. The first-order valence-corrected chi connectivity index (χ1v) is 4.24. The van der Waals surface area contributed by atoms with E-state index >= 15 is 0 Å². The topological polar surface area (TPSA) is 21.6 Å². The van der Waals surface area contributed by atoms with E-state index in [1.807, 2.05) is 0 Å². The molecular formula is C10H16NO. The van der Waals surface area contributed by atoms with Gasteiger partial charge in [0, 0.05) is 6.42 Å². The van der Waals surface area contributed by atoms with E-state index < -0.39 is 0 Å². The summed E-state index contributed by atoms with van der Waals surface area (Å²) in [6.45, 7) is 3.77. The van der Waals surface area contributed by atoms with Gasteiger partial charge in [-0.1, -0.05) is 43.2 Å². The van der Waals surface area contributed by atoms with Crippen LogP contribution in [0.4, 0.5) is 0 Å². The summed E-state index contributed by atoms with van der Waals surface area (Å²) >= 11 is 0. The Morgan fingerprint density at radius 2 is 2.25 bits per heavy atom. The van der Waals surface area contributed by atoms with Crippen molar-refractivity contribution in [2.75, 3.05) is 7.11 Å². The number of hydrogen-bond acceptors (Lipinski definition) is 2. The molecule has 0 aliphatic rings. The van der Waals surface area contributed by atoms with Crippen molar-refractivity contribution >= 4 is 6.21 Å². The van der Waals surface area contributed by atoms with Crippen LogP contribution in [0.3, 0.4) is 0 Å². The smallest absolute Gasteiger partial charge is 0.116 e. The monoisotopic (exact) mass is 166 g/mol. The lowest BCUT2D eigenvalue weighted by Crippen LogP contribution is -1.75. The highest BCUT2D eigenvalue weighted by atomic mass is 16.6. The first kappa shape index (κ1) is 11.0. The third-order valence-corrected chi connectivity index (χ3v) is 1.38. The third kappa shape index (κ3) is 9.03. The lowest BCUT2D eigenvalue weighted by molar-refractivity contribution is 0.216. The number of unbranched alkanes of at least 4 members (excludes halogenated alkanes) is 4. The minimum Gasteiger partial charge on any atom is -0.399 e. The highest BCUT2D eigenvalue weighted by Crippen LogP contribution is 2.00. The molecule has 0 spiro atoms. The van der Waals surface area contributed by atoms with Gasteiger partial charge in [0.05, 0.1) is 0 Å². The number of rotatable bonds is 5. The standard InChI is InChI=1S/C10H16NO/c1-3-4-5-6-7-8-9-10-11-12-2/h10H,1,3-7H2,2H3/b11-10+. The maximum absolute atomic E-state index is 4.45. The minimum absolute atomic E-state index is 0.940. The van der Waals surface area contributed by atoms with Crippen molar-refractivity contribution in [1.29, 1.82) is 0 Å². The van der Waals surface area contributed by atoms with Gasteiger partial charge in [0.2, 0.25) is 0 Å². The Morgan fingerprint density at radius 1 is 1.42 bits per heavy atom. The molecule has 0 fully saturated rings. The lowest BCUT2D eigenvalue weighted by atomic mass is 10.2. The molecule has 0 N–H and O–H groups in total. The van der Waals surface area contributed by atoms with Crippen molar-refractivity contribution in [2.45, 2.75) is 32.1 Å². The molecule has 1 radical (unpaired) electrons. The second-order valence-electron chi connectivity index (χ2n) is 2.40. The van der Waals surface area contributed by atoms with Gasteiger partial charge in [0.25, 0.3) is 0 Å². The van der Waals surface area contributed by atoms with E-state index in [9.17, 15) is 0 Å². The Bertz CT molecular complexity index is 164. The van der Waals surface area contributed by atoms with Crippen LogP contribution >= 0.6 is 0 Å². The van der Waals surface area contributed by atoms with Gasteiger partial charge >= 0.3 is 0 Å². The molecule has 0 aromatic carbocycles. The summed E-state index contributed by atoms with van der Waals surface area (Å²) in [5, 5.41) is 3.50. The first-order valence-electron chi connectivity index (χ1n) is 4.24. The van der Waals surface area contributed by atoms with Crippen molar-refractivity contribution in [1.82, 2.24) is 0 Å². The molecule has 0 aromatic heterocycles. The van der Waals surface area contributed by atoms with E-state index in [0.29, 0.717) is 0 Å². The largest absolute Gasteiger partial charge is 0.399 e. The van der Waals surface area contributed by atoms with E-state index in [1.165, 1.54) is 26.2 Å². The summed E-state index contributed by atoms with van der Waals surface area (Å²) in [7, 11) is 1.51. The summed E-state index contributed by atoms with van der Waals surface area (Å²) in [5.74, 6) is 5.76. The maximum atomic E-state index is 4.45. The van der Waals surface area contributed by atoms with Gasteiger partial charge in [0.15, 0.2) is 0 Å². The summed E-state index contributed by atoms with van der Waals surface area (Å²) in [4.78, 5) is 4.45. The van der Waals surface area contributed by atoms with E-state index in [4.69, 9.17) is 0 Å². The Hall–Kier alpha value is -0.970. The van der Waals surface area contributed by atoms with E-state index in [-0.39, 0.29) is 0 Å². The van der Waals surface area contributed by atoms with Crippen molar-refractivity contribution in [3.05, 3.63) is 6.92 Å². The molecule has 0 bridgehead atoms. The van der Waals surface area contributed by atoms with Crippen LogP contribution in [0.15, 0.2) is 5.16 Å². The molecule has 2 heteroatoms. The molecule has 0 aliphatic carbocycles. The molecule has 0 rings (SSSR count). The van der Waals surface area contributed by atoms with Crippen molar-refractivity contribution in [3.8, 4) is 11.8 Å². The van der Waals surface area contributed by atoms with Crippen LogP contribution in [0.25, 0.3) is 0 Å². The van der Waals surface area contributed by atoms with Crippen molar-refractivity contribution in [2.24, 2.45) is 5.16 Å². The molecule has 0 saturated carbocycles. The minimum atomic E-state index is 0.940. The fourth-order valence-electron chi connectivity index (χ4n) is 0.764. The number of nitrogens with zero attached hydrogens (tertiary/aromatic N) is 1. The van der Waals surface area contributed by atoms with Gasteiger partial charge < -0.3 is 4.84 Å². The van der Waals surface area contributed by atoms with Gasteiger partial charge in [-0.05, 0) is 6.42 Å². The zero-order chi connectivity index (χ0) is 9.07. The molecule has 67 valence electrons. The Kier molecular flexibility index (Phi) is 9.22. The zero-order valence-corrected chi connectivity index (χ0v) is 7.68. The fourth-order valence-corrected chi connectivity index (χ4v) is 0.764. The zero-order valence-electron chi connectivity index (χ0n) is 7.68. The van der Waals surface area contributed by atoms with E-state index in [2.05, 4.69) is 28.8 Å². The third-order valence-electron chi connectivity index (χ3n) is 1.38. The fraction of sp³-hybridized carbons (Fsp3) is 0.600. The van der Waals surface area contributed by atoms with Crippen LogP contribution in [0.1, 0.15) is 32.1 Å². The Labute approximate surface area is 75.0 Å². The lowest BCUT2D eigenvalue weighted by Gasteiger charge is -1.90. The molecule has 0 unspecified atom stereocenters. The SMILES string of the molecule is [CH2]CCCCCC#C/C=N/OC. The van der Waals surface area contributed by atoms with Crippen LogP contribution in [0, 0.1) is 18.8 Å². The van der Waals surface area contributed by atoms with Gasteiger partial charge in [-0.15, -0.1) is 0 Å². The van der Waals surface area contributed by atoms with E-state index in [1.54, 1.807) is 0 Å². The molecule has 0 atom stereocenters. The van der Waals surface area contributed by atoms with Crippen LogP contribution in [-0.4, -0.2) is 13.3 Å². The summed E-state index contributed by atoms with van der Waals surface area (Å²) in [6, 6.07) is 0. The second-order valence-corrected chi connectivity index (χ2v) is 2.40. The quantitative estimate of drug-likeness (QED) is 0.266. The highest BCUT2D eigenvalue weighted by Gasteiger charge is 1.82. The molecule has 2 nitrogen and oxygen atoms in total. The average Bonchev–Trinajstić information content (AvgIpc) is 2.10. The van der Waals surface area contributed by atoms with Crippen LogP contribution in [0.5, 0.6) is 0 Å². The van der Waals surface area contributed by atoms with Gasteiger partial charge in [-0.2, -0.15) is 0 Å². The van der Waals surface area contributed by atoms with Gasteiger partial charge in [-0.3, -0.25) is 0 Å². The second kappa shape index (κ2) is 10.0. The van der Waals surface area contributed by atoms with E-state index in [0.717, 1.165) is 19.3 Å². The molecule has 0 heterocycles. The molecule has 12 heavy (non-hydrogen) atoms. The van der Waals surface area contributed by atoms with Crippen molar-refractivity contribution in [3.63, 3.8) is 0 Å². The Balaban J connectivity index is 3.15. The first-order chi connectivity index (χ1) is 5.91. The molecule has 0 aliphatic heterocycles. The van der Waals surface area contributed by atoms with Crippen LogP contribution in [-0.2, 0) is 4.84 Å². The van der Waals surface area contributed by atoms with Crippen LogP contribution < -0.4 is 0 Å². The molecule has 0 saturated heterocycles. The Morgan fingerprint density at radius 3 is 2.92 bits per heavy atom. The highest BCUT2D eigenvalue weighted by molar-refractivity contribution is 5.77.